The van der Waals surface area contributed by atoms with Gasteiger partial charge in [-0.2, -0.15) is 5.26 Å². The van der Waals surface area contributed by atoms with E-state index in [0.717, 1.165) is 50.1 Å². The lowest BCUT2D eigenvalue weighted by molar-refractivity contribution is -0.157. The zero-order valence-electron chi connectivity index (χ0n) is 29.6. The van der Waals surface area contributed by atoms with Crippen molar-refractivity contribution in [2.45, 2.75) is 81.5 Å². The molecule has 0 aliphatic carbocycles. The second kappa shape index (κ2) is 11.4. The van der Waals surface area contributed by atoms with Crippen LogP contribution >= 0.6 is 11.8 Å². The quantitative estimate of drug-likeness (QED) is 0.303. The van der Waals surface area contributed by atoms with Gasteiger partial charge in [0.2, 0.25) is 6.79 Å². The number of piperazine rings is 1. The Hall–Kier alpha value is -4.15. The number of nitrogens with zero attached hydrogens (tertiary/aromatic N) is 3. The molecule has 1 spiro atoms. The van der Waals surface area contributed by atoms with E-state index in [4.69, 9.17) is 18.9 Å². The average Bonchev–Trinajstić information content (AvgIpc) is 3.60. The van der Waals surface area contributed by atoms with E-state index in [0.29, 0.717) is 48.0 Å². The maximum absolute atomic E-state index is 14.6. The molecule has 7 aliphatic heterocycles. The first-order valence-corrected chi connectivity index (χ1v) is 18.6. The highest BCUT2D eigenvalue weighted by atomic mass is 32.2. The molecule has 7 unspecified atom stereocenters. The Morgan fingerprint density at radius 1 is 1.02 bits per heavy atom. The summed E-state index contributed by atoms with van der Waals surface area (Å²) in [7, 11) is 3.65. The number of aromatic hydroxyl groups is 2. The molecule has 0 radical (unpaired) electrons. The van der Waals surface area contributed by atoms with Crippen molar-refractivity contribution in [3.05, 3.63) is 73.8 Å². The van der Waals surface area contributed by atoms with Crippen molar-refractivity contribution in [2.75, 3.05) is 39.9 Å². The Balaban J connectivity index is 1.31. The van der Waals surface area contributed by atoms with Gasteiger partial charge in [-0.05, 0) is 104 Å². The standard InChI is InChI=1S/C39H42N4O7S/c1-17-10-23-21(12-27(17)44)7-8-41-39(23)15-51-37-28-19(3)20(4)35-36(50-16-49-35)30(28)26(14-48-38(39)46)43-25(13-40)24-11-22-9-18(2)34(47-6)33(45)29(22)31(32(37)43)42(24)5/h9-10,12,24-26,31-32,37,41,44-45H,7-8,11,14-16H2,1-6H3. The van der Waals surface area contributed by atoms with E-state index in [-0.39, 0.29) is 54.2 Å². The molecule has 12 heteroatoms. The first-order valence-electron chi connectivity index (χ1n) is 17.6. The van der Waals surface area contributed by atoms with Gasteiger partial charge in [0.15, 0.2) is 28.5 Å². The van der Waals surface area contributed by atoms with Crippen LogP contribution in [0.15, 0.2) is 18.2 Å². The van der Waals surface area contributed by atoms with Gasteiger partial charge in [-0.1, -0.05) is 6.07 Å². The van der Waals surface area contributed by atoms with Crippen LogP contribution in [0.3, 0.4) is 0 Å². The fraction of sp³-hybridized carbons (Fsp3) is 0.487. The summed E-state index contributed by atoms with van der Waals surface area (Å²) in [6, 6.07) is 6.62. The molecular formula is C39H42N4O7S. The highest BCUT2D eigenvalue weighted by Crippen LogP contribution is 2.63. The number of likely N-dealkylation sites (N-methyl/N-ethyl adjacent to an activating group) is 1. The average molecular weight is 711 g/mol. The fourth-order valence-corrected chi connectivity index (χ4v) is 11.9. The van der Waals surface area contributed by atoms with Crippen molar-refractivity contribution in [1.82, 2.24) is 15.1 Å². The number of hydrogen-bond donors (Lipinski definition) is 3. The molecule has 10 rings (SSSR count). The minimum absolute atomic E-state index is 0.00869. The second-order valence-electron chi connectivity index (χ2n) is 14.9. The van der Waals surface area contributed by atoms with Crippen molar-refractivity contribution in [3.8, 4) is 34.8 Å². The largest absolute Gasteiger partial charge is 0.508 e. The Labute approximate surface area is 301 Å². The number of esters is 1. The molecule has 4 bridgehead atoms. The predicted molar refractivity (Wildman–Crippen MR) is 190 cm³/mol. The molecule has 0 amide bonds. The van der Waals surface area contributed by atoms with Crippen molar-refractivity contribution >= 4 is 17.7 Å². The van der Waals surface area contributed by atoms with Crippen LogP contribution in [-0.4, -0.2) is 84.0 Å². The Morgan fingerprint density at radius 2 is 1.80 bits per heavy atom. The van der Waals surface area contributed by atoms with E-state index in [1.54, 1.807) is 24.9 Å². The number of fused-ring (bicyclic) bond motifs is 9. The summed E-state index contributed by atoms with van der Waals surface area (Å²) < 4.78 is 24.6. The molecular weight excluding hydrogens is 669 g/mol. The normalized spacial score (nSPS) is 30.5. The van der Waals surface area contributed by atoms with Crippen molar-refractivity contribution < 1.29 is 34.0 Å². The zero-order valence-corrected chi connectivity index (χ0v) is 30.4. The highest BCUT2D eigenvalue weighted by molar-refractivity contribution is 7.99. The van der Waals surface area contributed by atoms with E-state index < -0.39 is 17.6 Å². The minimum Gasteiger partial charge on any atom is -0.508 e. The molecule has 3 N–H and O–H groups in total. The van der Waals surface area contributed by atoms with Gasteiger partial charge in [-0.3, -0.25) is 15.1 Å². The monoisotopic (exact) mass is 710 g/mol. The van der Waals surface area contributed by atoms with Crippen LogP contribution in [-0.2, 0) is 27.9 Å². The number of thioether (sulfide) groups is 1. The number of carbonyl (C=O) groups excluding carboxylic acids is 1. The van der Waals surface area contributed by atoms with Crippen LogP contribution in [0.4, 0.5) is 0 Å². The van der Waals surface area contributed by atoms with Crippen LogP contribution < -0.4 is 19.5 Å². The molecule has 3 aromatic rings. The van der Waals surface area contributed by atoms with Gasteiger partial charge < -0.3 is 29.2 Å². The smallest absolute Gasteiger partial charge is 0.331 e. The second-order valence-corrected chi connectivity index (χ2v) is 16.0. The summed E-state index contributed by atoms with van der Waals surface area (Å²) in [5, 5.41) is 37.0. The Bertz CT molecular complexity index is 2080. The van der Waals surface area contributed by atoms with Gasteiger partial charge in [-0.25, -0.2) is 4.79 Å². The van der Waals surface area contributed by atoms with Gasteiger partial charge in [0.1, 0.15) is 18.4 Å². The van der Waals surface area contributed by atoms with Crippen molar-refractivity contribution in [3.63, 3.8) is 0 Å². The molecule has 7 atom stereocenters. The number of ether oxygens (including phenoxy) is 4. The fourth-order valence-electron chi connectivity index (χ4n) is 10.1. The number of rotatable bonds is 1. The number of aryl methyl sites for hydroxylation is 2. The third-order valence-electron chi connectivity index (χ3n) is 12.6. The molecule has 266 valence electrons. The predicted octanol–water partition coefficient (Wildman–Crippen LogP) is 4.67. The molecule has 51 heavy (non-hydrogen) atoms. The van der Waals surface area contributed by atoms with Gasteiger partial charge in [0, 0.05) is 40.8 Å². The number of carbonyl (C=O) groups is 1. The van der Waals surface area contributed by atoms with Crippen LogP contribution in [0.5, 0.6) is 28.7 Å². The van der Waals surface area contributed by atoms with Crippen LogP contribution in [0.1, 0.15) is 73.0 Å². The lowest BCUT2D eigenvalue weighted by Gasteiger charge is -2.62. The van der Waals surface area contributed by atoms with Crippen LogP contribution in [0.25, 0.3) is 0 Å². The third kappa shape index (κ3) is 4.26. The third-order valence-corrected chi connectivity index (χ3v) is 14.1. The summed E-state index contributed by atoms with van der Waals surface area (Å²) in [5.41, 5.74) is 8.07. The SMILES string of the molecule is COc1c(C)cc2c(c1O)C1C3C4SCC5(NCCc6cc(O)c(C)cc65)C(=O)OCC(c5c6c(c(C)c(C)c54)OCO6)N3C(C#N)C(C2)N1C. The minimum atomic E-state index is -1.16. The number of phenolic OH excluding ortho intramolecular Hbond substituents is 2. The maximum Gasteiger partial charge on any atom is 0.331 e. The molecule has 7 heterocycles. The molecule has 0 aromatic heterocycles. The van der Waals surface area contributed by atoms with E-state index in [2.05, 4.69) is 48.1 Å². The van der Waals surface area contributed by atoms with E-state index in [1.165, 1.54) is 0 Å². The number of nitrogens with one attached hydrogen (secondary N) is 1. The highest BCUT2D eigenvalue weighted by Gasteiger charge is 2.61. The molecule has 0 saturated carbocycles. The summed E-state index contributed by atoms with van der Waals surface area (Å²) in [5.74, 6) is 2.11. The number of phenols is 2. The Kier molecular flexibility index (Phi) is 7.33. The van der Waals surface area contributed by atoms with Gasteiger partial charge >= 0.3 is 5.97 Å². The summed E-state index contributed by atoms with van der Waals surface area (Å²) >= 11 is 1.68. The van der Waals surface area contributed by atoms with Gasteiger partial charge in [0.05, 0.1) is 25.3 Å². The molecule has 11 nitrogen and oxygen atoms in total. The van der Waals surface area contributed by atoms with Crippen LogP contribution in [0.2, 0.25) is 0 Å². The van der Waals surface area contributed by atoms with E-state index >= 15 is 0 Å². The lowest BCUT2D eigenvalue weighted by atomic mass is 9.71. The lowest BCUT2D eigenvalue weighted by Crippen LogP contribution is -2.69. The van der Waals surface area contributed by atoms with E-state index in [1.807, 2.05) is 19.9 Å². The van der Waals surface area contributed by atoms with Gasteiger partial charge in [-0.15, -0.1) is 11.8 Å². The number of hydrogen-bond acceptors (Lipinski definition) is 12. The topological polar surface area (TPSA) is 137 Å². The van der Waals surface area contributed by atoms with E-state index in [9.17, 15) is 20.3 Å². The number of nitriles is 1. The molecule has 2 fully saturated rings. The first kappa shape index (κ1) is 32.7. The summed E-state index contributed by atoms with van der Waals surface area (Å²) in [6.45, 7) is 8.60. The molecule has 7 aliphatic rings. The maximum atomic E-state index is 14.6. The molecule has 3 aromatic carbocycles. The van der Waals surface area contributed by atoms with Gasteiger partial charge in [0.25, 0.3) is 0 Å². The number of benzene rings is 3. The van der Waals surface area contributed by atoms with Crippen LogP contribution in [0, 0.1) is 39.0 Å². The first-order chi connectivity index (χ1) is 24.5. The molecule has 2 saturated heterocycles. The Morgan fingerprint density at radius 3 is 2.57 bits per heavy atom. The zero-order chi connectivity index (χ0) is 35.7. The summed E-state index contributed by atoms with van der Waals surface area (Å²) in [6.07, 6.45) is 1.24. The van der Waals surface area contributed by atoms with Crippen molar-refractivity contribution in [2.24, 2.45) is 0 Å². The summed E-state index contributed by atoms with van der Waals surface area (Å²) in [4.78, 5) is 19.2. The number of methoxy groups -OCH3 is 1. The van der Waals surface area contributed by atoms with Crippen molar-refractivity contribution in [1.29, 1.82) is 5.26 Å².